The van der Waals surface area contributed by atoms with Crippen LogP contribution in [0.25, 0.3) is 0 Å². The number of nitrogens with one attached hydrogen (secondary N) is 1. The van der Waals surface area contributed by atoms with E-state index in [9.17, 15) is 14.7 Å². The first-order valence-corrected chi connectivity index (χ1v) is 9.17. The lowest BCUT2D eigenvalue weighted by Crippen LogP contribution is -2.49. The molecule has 1 heterocycles. The minimum absolute atomic E-state index is 0.0472. The summed E-state index contributed by atoms with van der Waals surface area (Å²) in [5, 5.41) is 12.4. The van der Waals surface area contributed by atoms with Crippen molar-refractivity contribution in [2.45, 2.75) is 39.3 Å². The zero-order chi connectivity index (χ0) is 20.4. The molecule has 2 rings (SSSR count). The van der Waals surface area contributed by atoms with Gasteiger partial charge >= 0.3 is 0 Å². The van der Waals surface area contributed by atoms with E-state index >= 15 is 0 Å². The highest BCUT2D eigenvalue weighted by molar-refractivity contribution is 6.30. The van der Waals surface area contributed by atoms with Crippen molar-refractivity contribution in [3.63, 3.8) is 0 Å². The van der Waals surface area contributed by atoms with E-state index in [-0.39, 0.29) is 17.4 Å². The molecule has 27 heavy (non-hydrogen) atoms. The Kier molecular flexibility index (Phi) is 9.30. The molecule has 2 atom stereocenters. The molecule has 2 amide bonds. The van der Waals surface area contributed by atoms with Crippen LogP contribution < -0.4 is 11.1 Å². The SMILES string of the molecule is CC(C)(C)C(N)C(=O)N1CCC(O)C1.O=CNCC#Cc1ccc(Cl)cc1. The molecule has 1 aromatic carbocycles. The van der Waals surface area contributed by atoms with Gasteiger partial charge in [0.15, 0.2) is 0 Å². The molecule has 1 aliphatic rings. The Labute approximate surface area is 166 Å². The molecule has 1 fully saturated rings. The van der Waals surface area contributed by atoms with Crippen molar-refractivity contribution in [1.29, 1.82) is 0 Å². The first-order chi connectivity index (χ1) is 12.6. The normalized spacial score (nSPS) is 17.1. The molecule has 0 saturated carbocycles. The zero-order valence-electron chi connectivity index (χ0n) is 16.0. The maximum absolute atomic E-state index is 11.8. The second-order valence-electron chi connectivity index (χ2n) is 7.38. The third-order valence-corrected chi connectivity index (χ3v) is 4.28. The number of rotatable bonds is 3. The summed E-state index contributed by atoms with van der Waals surface area (Å²) < 4.78 is 0. The number of halogens is 1. The molecule has 0 bridgehead atoms. The molecule has 0 spiro atoms. The third-order valence-electron chi connectivity index (χ3n) is 4.02. The summed E-state index contributed by atoms with van der Waals surface area (Å²) >= 11 is 5.69. The van der Waals surface area contributed by atoms with Crippen LogP contribution in [-0.4, -0.2) is 54.1 Å². The van der Waals surface area contributed by atoms with Crippen molar-refractivity contribution in [3.05, 3.63) is 34.9 Å². The fourth-order valence-corrected chi connectivity index (χ4v) is 2.41. The minimum atomic E-state index is -0.479. The Bertz CT molecular complexity index is 674. The van der Waals surface area contributed by atoms with E-state index in [2.05, 4.69) is 17.2 Å². The van der Waals surface area contributed by atoms with Gasteiger partial charge in [0.25, 0.3) is 0 Å². The Morgan fingerprint density at radius 1 is 1.44 bits per heavy atom. The number of aliphatic hydroxyl groups is 1. The highest BCUT2D eigenvalue weighted by atomic mass is 35.5. The van der Waals surface area contributed by atoms with Crippen molar-refractivity contribution in [3.8, 4) is 11.8 Å². The Morgan fingerprint density at radius 2 is 2.07 bits per heavy atom. The summed E-state index contributed by atoms with van der Waals surface area (Å²) in [6.07, 6.45) is 0.921. The number of benzene rings is 1. The number of carbonyl (C=O) groups is 2. The molecule has 7 heteroatoms. The summed E-state index contributed by atoms with van der Waals surface area (Å²) in [5.74, 6) is 5.62. The number of carbonyl (C=O) groups excluding carboxylic acids is 2. The molecule has 1 saturated heterocycles. The molecule has 1 aliphatic heterocycles. The van der Waals surface area contributed by atoms with Crippen LogP contribution in [0.4, 0.5) is 0 Å². The average Bonchev–Trinajstić information content (AvgIpc) is 3.05. The zero-order valence-corrected chi connectivity index (χ0v) is 16.8. The van der Waals surface area contributed by atoms with Gasteiger partial charge in [-0.15, -0.1) is 0 Å². The predicted octanol–water partition coefficient (Wildman–Crippen LogP) is 1.39. The van der Waals surface area contributed by atoms with Gasteiger partial charge in [0, 0.05) is 23.7 Å². The lowest BCUT2D eigenvalue weighted by Gasteiger charge is -2.29. The van der Waals surface area contributed by atoms with Gasteiger partial charge in [0.1, 0.15) is 0 Å². The number of nitrogens with two attached hydrogens (primary N) is 1. The van der Waals surface area contributed by atoms with Crippen LogP contribution in [0.2, 0.25) is 5.02 Å². The van der Waals surface area contributed by atoms with Gasteiger partial charge in [-0.05, 0) is 36.1 Å². The van der Waals surface area contributed by atoms with Crippen molar-refractivity contribution in [2.75, 3.05) is 19.6 Å². The van der Waals surface area contributed by atoms with Crippen LogP contribution in [-0.2, 0) is 9.59 Å². The molecule has 148 valence electrons. The molecule has 4 N–H and O–H groups in total. The van der Waals surface area contributed by atoms with Gasteiger partial charge < -0.3 is 21.1 Å². The molecule has 1 aromatic rings. The minimum Gasteiger partial charge on any atom is -0.391 e. The summed E-state index contributed by atoms with van der Waals surface area (Å²) in [6, 6.07) is 6.73. The Morgan fingerprint density at radius 3 is 2.56 bits per heavy atom. The van der Waals surface area contributed by atoms with Crippen LogP contribution in [0, 0.1) is 17.3 Å². The standard InChI is InChI=1S/C10H8ClNO.C10H20N2O2/c11-10-5-3-9(4-6-10)2-1-7-12-8-13;1-10(2,3)8(11)9(14)12-5-4-7(13)6-12/h3-6,8H,7H2,(H,12,13);7-8,13H,4-6,11H2,1-3H3. The molecular formula is C20H28ClN3O3. The number of hydrogen-bond donors (Lipinski definition) is 3. The van der Waals surface area contributed by atoms with E-state index in [1.165, 1.54) is 0 Å². The van der Waals surface area contributed by atoms with Gasteiger partial charge in [-0.25, -0.2) is 0 Å². The second-order valence-corrected chi connectivity index (χ2v) is 7.81. The lowest BCUT2D eigenvalue weighted by molar-refractivity contribution is -0.134. The van der Waals surface area contributed by atoms with Crippen LogP contribution in [0.1, 0.15) is 32.8 Å². The molecule has 6 nitrogen and oxygen atoms in total. The van der Waals surface area contributed by atoms with Gasteiger partial charge in [0.2, 0.25) is 12.3 Å². The van der Waals surface area contributed by atoms with Crippen LogP contribution >= 0.6 is 11.6 Å². The topological polar surface area (TPSA) is 95.7 Å². The summed E-state index contributed by atoms with van der Waals surface area (Å²) in [6.45, 7) is 7.27. The van der Waals surface area contributed by atoms with Gasteiger partial charge in [0.05, 0.1) is 18.7 Å². The largest absolute Gasteiger partial charge is 0.391 e. The van der Waals surface area contributed by atoms with Crippen LogP contribution in [0.5, 0.6) is 0 Å². The van der Waals surface area contributed by atoms with E-state index in [1.807, 2.05) is 32.9 Å². The van der Waals surface area contributed by atoms with Gasteiger partial charge in [-0.2, -0.15) is 0 Å². The predicted molar refractivity (Wildman–Crippen MR) is 107 cm³/mol. The first-order valence-electron chi connectivity index (χ1n) is 8.79. The molecular weight excluding hydrogens is 366 g/mol. The van der Waals surface area contributed by atoms with E-state index in [4.69, 9.17) is 17.3 Å². The van der Waals surface area contributed by atoms with Crippen molar-refractivity contribution in [2.24, 2.45) is 11.1 Å². The Hall–Kier alpha value is -2.07. The van der Waals surface area contributed by atoms with E-state index in [0.717, 1.165) is 5.56 Å². The maximum Gasteiger partial charge on any atom is 0.240 e. The first kappa shape index (κ1) is 23.0. The highest BCUT2D eigenvalue weighted by Crippen LogP contribution is 2.21. The second kappa shape index (κ2) is 10.9. The monoisotopic (exact) mass is 393 g/mol. The quantitative estimate of drug-likeness (QED) is 0.411. The number of amides is 2. The fourth-order valence-electron chi connectivity index (χ4n) is 2.28. The molecule has 0 aliphatic carbocycles. The van der Waals surface area contributed by atoms with Gasteiger partial charge in [-0.1, -0.05) is 44.2 Å². The maximum atomic E-state index is 11.8. The fraction of sp³-hybridized carbons (Fsp3) is 0.500. The Balaban J connectivity index is 0.000000271. The summed E-state index contributed by atoms with van der Waals surface area (Å²) in [5.41, 5.74) is 6.52. The third kappa shape index (κ3) is 8.44. The lowest BCUT2D eigenvalue weighted by atomic mass is 9.86. The number of aliphatic hydroxyl groups excluding tert-OH is 1. The van der Waals surface area contributed by atoms with E-state index < -0.39 is 6.04 Å². The number of β-amino-alcohol motifs (C(OH)–C–C–N with tert-alkyl or cyclic N) is 1. The smallest absolute Gasteiger partial charge is 0.240 e. The molecule has 0 aromatic heterocycles. The highest BCUT2D eigenvalue weighted by Gasteiger charge is 2.34. The summed E-state index contributed by atoms with van der Waals surface area (Å²) in [4.78, 5) is 23.3. The van der Waals surface area contributed by atoms with Crippen molar-refractivity contribution < 1.29 is 14.7 Å². The number of nitrogens with zero attached hydrogens (tertiary/aromatic N) is 1. The number of likely N-dealkylation sites (tertiary alicyclic amines) is 1. The van der Waals surface area contributed by atoms with Gasteiger partial charge in [-0.3, -0.25) is 9.59 Å². The van der Waals surface area contributed by atoms with Crippen LogP contribution in [0.3, 0.4) is 0 Å². The average molecular weight is 394 g/mol. The van der Waals surface area contributed by atoms with Crippen molar-refractivity contribution in [1.82, 2.24) is 10.2 Å². The van der Waals surface area contributed by atoms with E-state index in [0.29, 0.717) is 37.5 Å². The molecule has 2 unspecified atom stereocenters. The molecule has 0 radical (unpaired) electrons. The number of hydrogen-bond acceptors (Lipinski definition) is 4. The van der Waals surface area contributed by atoms with Crippen LogP contribution in [0.15, 0.2) is 24.3 Å². The van der Waals surface area contributed by atoms with E-state index in [1.54, 1.807) is 17.0 Å². The summed E-state index contributed by atoms with van der Waals surface area (Å²) in [7, 11) is 0. The van der Waals surface area contributed by atoms with Crippen molar-refractivity contribution >= 4 is 23.9 Å².